The summed E-state index contributed by atoms with van der Waals surface area (Å²) < 4.78 is 7.14. The lowest BCUT2D eigenvalue weighted by molar-refractivity contribution is -0.122. The Balaban J connectivity index is 1.76. The van der Waals surface area contributed by atoms with Crippen LogP contribution in [0.5, 0.6) is 5.75 Å². The number of ether oxygens (including phenoxy) is 1. The Morgan fingerprint density at radius 3 is 2.19 bits per heavy atom. The van der Waals surface area contributed by atoms with Gasteiger partial charge in [-0.3, -0.25) is 14.9 Å². The second-order valence-electron chi connectivity index (χ2n) is 7.66. The molecule has 1 aromatic heterocycles. The van der Waals surface area contributed by atoms with Gasteiger partial charge >= 0.3 is 6.03 Å². The third-order valence-electron chi connectivity index (χ3n) is 5.58. The molecule has 0 spiro atoms. The molecule has 7 nitrogen and oxygen atoms in total. The molecular weight excluding hydrogens is 406 g/mol. The number of carbonyl (C=O) groups excluding carboxylic acids is 3. The first-order valence-corrected chi connectivity index (χ1v) is 10.1. The minimum Gasteiger partial charge on any atom is -0.497 e. The molecule has 0 radical (unpaired) electrons. The molecule has 1 saturated heterocycles. The molecule has 3 aromatic rings. The summed E-state index contributed by atoms with van der Waals surface area (Å²) in [5.41, 5.74) is 4.69. The highest BCUT2D eigenvalue weighted by atomic mass is 16.5. The maximum absolute atomic E-state index is 13.2. The Morgan fingerprint density at radius 1 is 0.844 bits per heavy atom. The van der Waals surface area contributed by atoms with Gasteiger partial charge in [0.05, 0.1) is 12.8 Å². The van der Waals surface area contributed by atoms with Crippen molar-refractivity contribution in [1.29, 1.82) is 0 Å². The van der Waals surface area contributed by atoms with Gasteiger partial charge in [0.1, 0.15) is 11.3 Å². The molecule has 0 saturated carbocycles. The van der Waals surface area contributed by atoms with E-state index < -0.39 is 17.8 Å². The van der Waals surface area contributed by atoms with Crippen LogP contribution >= 0.6 is 0 Å². The Labute approximate surface area is 185 Å². The van der Waals surface area contributed by atoms with Crippen LogP contribution in [0.4, 0.5) is 10.5 Å². The lowest BCUT2D eigenvalue weighted by Gasteiger charge is -2.27. The summed E-state index contributed by atoms with van der Waals surface area (Å²) in [4.78, 5) is 39.3. The molecule has 7 heteroatoms. The Hall–Kier alpha value is -4.13. The van der Waals surface area contributed by atoms with Gasteiger partial charge in [-0.05, 0) is 86.5 Å². The highest BCUT2D eigenvalue weighted by Gasteiger charge is 2.37. The smallest absolute Gasteiger partial charge is 0.335 e. The summed E-state index contributed by atoms with van der Waals surface area (Å²) in [6.45, 7) is 5.78. The molecule has 4 rings (SSSR count). The first kappa shape index (κ1) is 21.1. The number of aryl methyl sites for hydroxylation is 3. The van der Waals surface area contributed by atoms with Gasteiger partial charge in [0, 0.05) is 17.1 Å². The van der Waals surface area contributed by atoms with Crippen molar-refractivity contribution in [3.05, 3.63) is 82.7 Å². The van der Waals surface area contributed by atoms with Crippen molar-refractivity contribution in [2.45, 2.75) is 20.8 Å². The first-order valence-electron chi connectivity index (χ1n) is 10.1. The zero-order valence-electron chi connectivity index (χ0n) is 18.3. The Kier molecular flexibility index (Phi) is 5.40. The Morgan fingerprint density at radius 2 is 1.53 bits per heavy atom. The number of benzene rings is 2. The van der Waals surface area contributed by atoms with E-state index in [0.29, 0.717) is 11.4 Å². The number of hydrogen-bond donors (Lipinski definition) is 1. The van der Waals surface area contributed by atoms with Gasteiger partial charge in [0.25, 0.3) is 11.8 Å². The monoisotopic (exact) mass is 429 g/mol. The number of anilines is 1. The number of nitrogens with one attached hydrogen (secondary N) is 1. The van der Waals surface area contributed by atoms with E-state index in [0.717, 1.165) is 33.2 Å². The number of nitrogens with zero attached hydrogens (tertiary/aromatic N) is 2. The molecule has 162 valence electrons. The second-order valence-corrected chi connectivity index (χ2v) is 7.66. The fourth-order valence-electron chi connectivity index (χ4n) is 3.66. The Bertz CT molecular complexity index is 1270. The van der Waals surface area contributed by atoms with Crippen molar-refractivity contribution >= 4 is 29.6 Å². The number of amides is 4. The van der Waals surface area contributed by atoms with Crippen molar-refractivity contribution in [3.63, 3.8) is 0 Å². The quantitative estimate of drug-likeness (QED) is 0.501. The zero-order chi connectivity index (χ0) is 23.0. The lowest BCUT2D eigenvalue weighted by Crippen LogP contribution is -2.54. The fourth-order valence-corrected chi connectivity index (χ4v) is 3.66. The van der Waals surface area contributed by atoms with E-state index in [9.17, 15) is 14.4 Å². The van der Waals surface area contributed by atoms with Crippen LogP contribution in [0.1, 0.15) is 22.5 Å². The highest BCUT2D eigenvalue weighted by molar-refractivity contribution is 6.39. The average molecular weight is 429 g/mol. The molecule has 0 aliphatic carbocycles. The van der Waals surface area contributed by atoms with E-state index in [4.69, 9.17) is 4.74 Å². The number of urea groups is 1. The molecule has 2 heterocycles. The third kappa shape index (κ3) is 3.69. The van der Waals surface area contributed by atoms with Gasteiger partial charge in [0.15, 0.2) is 0 Å². The van der Waals surface area contributed by atoms with Gasteiger partial charge < -0.3 is 9.30 Å². The number of imide groups is 2. The van der Waals surface area contributed by atoms with Crippen molar-refractivity contribution in [2.24, 2.45) is 0 Å². The number of hydrogen-bond acceptors (Lipinski definition) is 4. The molecule has 1 aliphatic heterocycles. The number of methoxy groups -OCH3 is 1. The van der Waals surface area contributed by atoms with E-state index in [2.05, 4.69) is 5.32 Å². The van der Waals surface area contributed by atoms with Crippen molar-refractivity contribution in [2.75, 3.05) is 12.0 Å². The number of aromatic nitrogens is 1. The number of rotatable bonds is 4. The molecule has 0 unspecified atom stereocenters. The lowest BCUT2D eigenvalue weighted by atomic mass is 10.1. The molecular formula is C25H23N3O4. The largest absolute Gasteiger partial charge is 0.497 e. The molecule has 4 amide bonds. The SMILES string of the molecule is COc1ccc(-n2c(C)ccc2/C=C2\C(=O)NC(=O)N(c3ccc(C)c(C)c3)C2=O)cc1. The summed E-state index contributed by atoms with van der Waals surface area (Å²) in [5.74, 6) is -0.662. The van der Waals surface area contributed by atoms with Gasteiger partial charge in [0.2, 0.25) is 0 Å². The average Bonchev–Trinajstić information content (AvgIpc) is 3.13. The standard InChI is InChI=1S/C25H23N3O4/c1-15-5-7-19(13-16(15)2)28-24(30)22(23(29)26-25(28)31)14-20-8-6-17(3)27(20)18-9-11-21(32-4)12-10-18/h5-14H,1-4H3,(H,26,29,31)/b22-14+. The highest BCUT2D eigenvalue weighted by Crippen LogP contribution is 2.26. The predicted octanol–water partition coefficient (Wildman–Crippen LogP) is 4.08. The van der Waals surface area contributed by atoms with Crippen LogP contribution in [0.2, 0.25) is 0 Å². The van der Waals surface area contributed by atoms with Crippen molar-refractivity contribution in [1.82, 2.24) is 9.88 Å². The maximum Gasteiger partial charge on any atom is 0.335 e. The number of carbonyl (C=O) groups is 3. The van der Waals surface area contributed by atoms with Gasteiger partial charge in [-0.25, -0.2) is 9.69 Å². The van der Waals surface area contributed by atoms with Crippen LogP contribution < -0.4 is 15.0 Å². The summed E-state index contributed by atoms with van der Waals surface area (Å²) in [6, 6.07) is 15.7. The molecule has 1 fully saturated rings. The minimum absolute atomic E-state index is 0.115. The number of barbiturate groups is 1. The van der Waals surface area contributed by atoms with E-state index in [1.807, 2.05) is 67.8 Å². The maximum atomic E-state index is 13.2. The van der Waals surface area contributed by atoms with Gasteiger partial charge in [-0.2, -0.15) is 0 Å². The van der Waals surface area contributed by atoms with Gasteiger partial charge in [-0.15, -0.1) is 0 Å². The van der Waals surface area contributed by atoms with E-state index in [1.54, 1.807) is 19.2 Å². The van der Waals surface area contributed by atoms with Crippen LogP contribution in [-0.4, -0.2) is 29.5 Å². The van der Waals surface area contributed by atoms with Crippen LogP contribution in [0, 0.1) is 20.8 Å². The molecule has 0 bridgehead atoms. The van der Waals surface area contributed by atoms with Crippen LogP contribution in [0.15, 0.2) is 60.2 Å². The third-order valence-corrected chi connectivity index (χ3v) is 5.58. The fraction of sp³-hybridized carbons (Fsp3) is 0.160. The van der Waals surface area contributed by atoms with Crippen LogP contribution in [-0.2, 0) is 9.59 Å². The summed E-state index contributed by atoms with van der Waals surface area (Å²) in [6.07, 6.45) is 1.51. The summed E-state index contributed by atoms with van der Waals surface area (Å²) in [7, 11) is 1.60. The molecule has 1 N–H and O–H groups in total. The first-order chi connectivity index (χ1) is 15.3. The van der Waals surface area contributed by atoms with Gasteiger partial charge in [-0.1, -0.05) is 6.07 Å². The second kappa shape index (κ2) is 8.19. The van der Waals surface area contributed by atoms with E-state index >= 15 is 0 Å². The van der Waals surface area contributed by atoms with Crippen molar-refractivity contribution < 1.29 is 19.1 Å². The molecule has 2 aromatic carbocycles. The minimum atomic E-state index is -0.762. The van der Waals surface area contributed by atoms with Crippen LogP contribution in [0.25, 0.3) is 11.8 Å². The van der Waals surface area contributed by atoms with E-state index in [-0.39, 0.29) is 5.57 Å². The molecule has 32 heavy (non-hydrogen) atoms. The zero-order valence-corrected chi connectivity index (χ0v) is 18.3. The predicted molar refractivity (Wildman–Crippen MR) is 122 cm³/mol. The van der Waals surface area contributed by atoms with Crippen molar-refractivity contribution in [3.8, 4) is 11.4 Å². The van der Waals surface area contributed by atoms with Crippen LogP contribution in [0.3, 0.4) is 0 Å². The molecule has 1 aliphatic rings. The topological polar surface area (TPSA) is 80.6 Å². The summed E-state index contributed by atoms with van der Waals surface area (Å²) >= 11 is 0. The molecule has 0 atom stereocenters. The normalized spacial score (nSPS) is 15.3. The summed E-state index contributed by atoms with van der Waals surface area (Å²) in [5, 5.41) is 2.28. The van der Waals surface area contributed by atoms with E-state index in [1.165, 1.54) is 6.08 Å².